The Balaban J connectivity index is 1.56. The van der Waals surface area contributed by atoms with Crippen molar-refractivity contribution >= 4 is 21.7 Å². The van der Waals surface area contributed by atoms with Gasteiger partial charge in [0.05, 0.1) is 12.9 Å². The van der Waals surface area contributed by atoms with Crippen LogP contribution in [0.2, 0.25) is 0 Å². The predicted octanol–water partition coefficient (Wildman–Crippen LogP) is 3.77. The number of benzene rings is 2. The van der Waals surface area contributed by atoms with Gasteiger partial charge in [-0.15, -0.1) is 0 Å². The van der Waals surface area contributed by atoms with Gasteiger partial charge in [-0.1, -0.05) is 41.5 Å². The number of nitrogens with zero attached hydrogens (tertiary/aromatic N) is 3. The molecule has 0 aliphatic rings. The van der Waals surface area contributed by atoms with Crippen molar-refractivity contribution in [1.29, 1.82) is 0 Å². The van der Waals surface area contributed by atoms with E-state index in [1.54, 1.807) is 24.3 Å². The lowest BCUT2D eigenvalue weighted by Crippen LogP contribution is -2.21. The summed E-state index contributed by atoms with van der Waals surface area (Å²) in [6, 6.07) is 12.1. The van der Waals surface area contributed by atoms with Gasteiger partial charge in [-0.25, -0.2) is 18.7 Å². The summed E-state index contributed by atoms with van der Waals surface area (Å²) in [5.74, 6) is 5.30. The highest BCUT2D eigenvalue weighted by molar-refractivity contribution is 7.18. The van der Waals surface area contributed by atoms with E-state index in [0.29, 0.717) is 16.3 Å². The van der Waals surface area contributed by atoms with Crippen molar-refractivity contribution in [3.63, 3.8) is 0 Å². The molecule has 4 nitrogen and oxygen atoms in total. The fourth-order valence-electron chi connectivity index (χ4n) is 2.63. The molecule has 0 bridgehead atoms. The van der Waals surface area contributed by atoms with E-state index in [1.165, 1.54) is 46.5 Å². The van der Waals surface area contributed by atoms with E-state index in [1.807, 2.05) is 0 Å². The number of fused-ring (bicyclic) bond motifs is 1. The molecule has 0 N–H and O–H groups in total. The predicted molar refractivity (Wildman–Crippen MR) is 104 cm³/mol. The van der Waals surface area contributed by atoms with Gasteiger partial charge in [-0.05, 0) is 41.3 Å². The second-order valence-corrected chi connectivity index (χ2v) is 7.06. The molecule has 2 heterocycles. The van der Waals surface area contributed by atoms with Crippen molar-refractivity contribution in [3.8, 4) is 11.8 Å². The van der Waals surface area contributed by atoms with Crippen LogP contribution in [0.5, 0.6) is 0 Å². The molecular formula is C21H13F2N3OS. The maximum atomic E-state index is 13.0. The molecule has 7 heteroatoms. The van der Waals surface area contributed by atoms with Gasteiger partial charge in [0.25, 0.3) is 5.56 Å². The minimum atomic E-state index is -0.326. The van der Waals surface area contributed by atoms with Crippen LogP contribution in [0, 0.1) is 23.5 Å². The molecule has 0 aliphatic carbocycles. The monoisotopic (exact) mass is 393 g/mol. The molecule has 4 aromatic rings. The topological polar surface area (TPSA) is 47.8 Å². The molecule has 0 aliphatic heterocycles. The first-order valence-electron chi connectivity index (χ1n) is 8.42. The molecule has 4 rings (SSSR count). The molecule has 0 fully saturated rings. The van der Waals surface area contributed by atoms with E-state index in [2.05, 4.69) is 21.8 Å². The highest BCUT2D eigenvalue weighted by Crippen LogP contribution is 2.16. The normalized spacial score (nSPS) is 10.6. The van der Waals surface area contributed by atoms with Crippen molar-refractivity contribution in [2.45, 2.75) is 13.0 Å². The molecule has 0 amide bonds. The summed E-state index contributed by atoms with van der Waals surface area (Å²) >= 11 is 1.25. The van der Waals surface area contributed by atoms with E-state index in [0.717, 1.165) is 11.1 Å². The highest BCUT2D eigenvalue weighted by atomic mass is 32.1. The second kappa shape index (κ2) is 7.71. The Hall–Kier alpha value is -3.37. The first-order valence-corrected chi connectivity index (χ1v) is 9.24. The number of thiazole rings is 1. The van der Waals surface area contributed by atoms with E-state index in [-0.39, 0.29) is 29.3 Å². The summed E-state index contributed by atoms with van der Waals surface area (Å²) < 4.78 is 27.4. The molecule has 2 aromatic carbocycles. The van der Waals surface area contributed by atoms with Crippen molar-refractivity contribution in [1.82, 2.24) is 14.5 Å². The Kier molecular flexibility index (Phi) is 4.96. The third-order valence-corrected chi connectivity index (χ3v) is 4.93. The fourth-order valence-corrected chi connectivity index (χ4v) is 3.40. The summed E-state index contributed by atoms with van der Waals surface area (Å²) in [6.45, 7) is 0.283. The fraction of sp³-hybridized carbons (Fsp3) is 0.0952. The Morgan fingerprint density at radius 2 is 1.61 bits per heavy atom. The van der Waals surface area contributed by atoms with Crippen LogP contribution >= 0.6 is 11.3 Å². The Morgan fingerprint density at radius 1 is 0.964 bits per heavy atom. The number of hydrogen-bond acceptors (Lipinski definition) is 4. The summed E-state index contributed by atoms with van der Waals surface area (Å²) in [4.78, 5) is 21.8. The van der Waals surface area contributed by atoms with Gasteiger partial charge in [-0.3, -0.25) is 9.36 Å². The lowest BCUT2D eigenvalue weighted by Gasteiger charge is -2.04. The lowest BCUT2D eigenvalue weighted by atomic mass is 10.1. The van der Waals surface area contributed by atoms with Crippen LogP contribution in [0.15, 0.2) is 59.7 Å². The van der Waals surface area contributed by atoms with E-state index in [9.17, 15) is 13.6 Å². The molecule has 0 radical (unpaired) electrons. The minimum absolute atomic E-state index is 0.265. The quantitative estimate of drug-likeness (QED) is 0.498. The zero-order chi connectivity index (χ0) is 19.5. The van der Waals surface area contributed by atoms with Gasteiger partial charge in [-0.2, -0.15) is 0 Å². The maximum absolute atomic E-state index is 13.0. The van der Waals surface area contributed by atoms with Gasteiger partial charge in [0.1, 0.15) is 11.6 Å². The van der Waals surface area contributed by atoms with Crippen LogP contribution in [-0.4, -0.2) is 14.5 Å². The summed E-state index contributed by atoms with van der Waals surface area (Å²) in [5.41, 5.74) is 1.69. The molecule has 0 saturated carbocycles. The molecule has 138 valence electrons. The molecule has 0 unspecified atom stereocenters. The van der Waals surface area contributed by atoms with Crippen LogP contribution in [0.4, 0.5) is 8.78 Å². The Morgan fingerprint density at radius 3 is 2.29 bits per heavy atom. The van der Waals surface area contributed by atoms with Crippen molar-refractivity contribution in [2.24, 2.45) is 0 Å². The molecule has 2 aromatic heterocycles. The highest BCUT2D eigenvalue weighted by Gasteiger charge is 2.10. The minimum Gasteiger partial charge on any atom is -0.293 e. The maximum Gasteiger partial charge on any atom is 0.281 e. The molecular weight excluding hydrogens is 380 g/mol. The number of rotatable bonds is 3. The summed E-state index contributed by atoms with van der Waals surface area (Å²) in [6.07, 6.45) is 1.92. The molecule has 0 saturated heterocycles. The van der Waals surface area contributed by atoms with Gasteiger partial charge < -0.3 is 0 Å². The van der Waals surface area contributed by atoms with Crippen LogP contribution in [0.25, 0.3) is 10.3 Å². The van der Waals surface area contributed by atoms with Crippen molar-refractivity contribution in [3.05, 3.63) is 93.0 Å². The van der Waals surface area contributed by atoms with Crippen LogP contribution in [0.1, 0.15) is 16.1 Å². The molecule has 0 atom stereocenters. The van der Waals surface area contributed by atoms with Gasteiger partial charge in [0.2, 0.25) is 0 Å². The number of aromatic nitrogens is 3. The van der Waals surface area contributed by atoms with Crippen molar-refractivity contribution in [2.75, 3.05) is 0 Å². The number of hydrogen-bond donors (Lipinski definition) is 0. The average Bonchev–Trinajstić information content (AvgIpc) is 3.11. The van der Waals surface area contributed by atoms with Crippen LogP contribution < -0.4 is 5.56 Å². The van der Waals surface area contributed by atoms with E-state index >= 15 is 0 Å². The zero-order valence-corrected chi connectivity index (χ0v) is 15.3. The number of halogens is 2. The smallest absolute Gasteiger partial charge is 0.281 e. The zero-order valence-electron chi connectivity index (χ0n) is 14.5. The first-order chi connectivity index (χ1) is 13.6. The molecule has 28 heavy (non-hydrogen) atoms. The summed E-state index contributed by atoms with van der Waals surface area (Å²) in [5, 5.41) is 0.501. The van der Waals surface area contributed by atoms with Gasteiger partial charge in [0, 0.05) is 6.42 Å². The van der Waals surface area contributed by atoms with E-state index in [4.69, 9.17) is 0 Å². The van der Waals surface area contributed by atoms with Gasteiger partial charge in [0.15, 0.2) is 15.4 Å². The SMILES string of the molecule is O=c1c2nc(C#CCc3ccc(F)cc3)sc2ncn1Cc1ccc(F)cc1. The van der Waals surface area contributed by atoms with E-state index < -0.39 is 0 Å². The average molecular weight is 393 g/mol. The van der Waals surface area contributed by atoms with Gasteiger partial charge >= 0.3 is 0 Å². The Labute approximate surface area is 163 Å². The largest absolute Gasteiger partial charge is 0.293 e. The van der Waals surface area contributed by atoms with Crippen LogP contribution in [0.3, 0.4) is 0 Å². The Bertz CT molecular complexity index is 1250. The second-order valence-electron chi connectivity index (χ2n) is 6.08. The third-order valence-electron chi connectivity index (χ3n) is 4.05. The summed E-state index contributed by atoms with van der Waals surface area (Å²) in [7, 11) is 0. The third kappa shape index (κ3) is 3.97. The van der Waals surface area contributed by atoms with Crippen LogP contribution in [-0.2, 0) is 13.0 Å². The lowest BCUT2D eigenvalue weighted by molar-refractivity contribution is 0.625. The molecule has 0 spiro atoms. The standard InChI is InChI=1S/C21H13F2N3OS/c22-16-8-4-14(5-9-16)2-1-3-18-25-19-20(28-18)24-13-26(21(19)27)12-15-6-10-17(23)11-7-15/h4-11,13H,2,12H2. The van der Waals surface area contributed by atoms with Crippen molar-refractivity contribution < 1.29 is 8.78 Å². The first kappa shape index (κ1) is 18.0.